The molecule has 0 aromatic heterocycles. The first-order valence-corrected chi connectivity index (χ1v) is 3.94. The SMILES string of the molecule is NC(=O)CN1CCC(N)CC1. The maximum atomic E-state index is 10.5. The number of nitrogens with zero attached hydrogens (tertiary/aromatic N) is 1. The molecule has 64 valence electrons. The Morgan fingerprint density at radius 2 is 2.00 bits per heavy atom. The molecule has 1 amide bonds. The van der Waals surface area contributed by atoms with E-state index in [2.05, 4.69) is 0 Å². The van der Waals surface area contributed by atoms with Crippen molar-refractivity contribution in [3.05, 3.63) is 0 Å². The van der Waals surface area contributed by atoms with E-state index in [0.717, 1.165) is 25.9 Å². The molecule has 0 unspecified atom stereocenters. The molecule has 1 fully saturated rings. The maximum Gasteiger partial charge on any atom is 0.231 e. The number of hydrogen-bond acceptors (Lipinski definition) is 3. The van der Waals surface area contributed by atoms with Gasteiger partial charge in [-0.15, -0.1) is 0 Å². The quantitative estimate of drug-likeness (QED) is 0.534. The summed E-state index contributed by atoms with van der Waals surface area (Å²) in [5.41, 5.74) is 10.7. The van der Waals surface area contributed by atoms with Crippen molar-refractivity contribution in [3.63, 3.8) is 0 Å². The Morgan fingerprint density at radius 3 is 2.45 bits per heavy atom. The highest BCUT2D eigenvalue weighted by Crippen LogP contribution is 2.06. The lowest BCUT2D eigenvalue weighted by molar-refractivity contribution is -0.119. The molecule has 0 bridgehead atoms. The summed E-state index contributed by atoms with van der Waals surface area (Å²) < 4.78 is 0. The number of carbonyl (C=O) groups excluding carboxylic acids is 1. The van der Waals surface area contributed by atoms with E-state index in [1.807, 2.05) is 4.90 Å². The van der Waals surface area contributed by atoms with Gasteiger partial charge in [0.2, 0.25) is 5.91 Å². The Balaban J connectivity index is 2.22. The third-order valence-corrected chi connectivity index (χ3v) is 2.01. The second-order valence-corrected chi connectivity index (χ2v) is 3.08. The number of amides is 1. The molecule has 1 heterocycles. The normalized spacial score (nSPS) is 21.9. The molecule has 0 saturated carbocycles. The Labute approximate surface area is 66.5 Å². The van der Waals surface area contributed by atoms with E-state index in [9.17, 15) is 4.79 Å². The van der Waals surface area contributed by atoms with E-state index in [1.165, 1.54) is 0 Å². The molecule has 0 aromatic rings. The van der Waals surface area contributed by atoms with Gasteiger partial charge in [0.05, 0.1) is 6.54 Å². The number of piperidine rings is 1. The van der Waals surface area contributed by atoms with Crippen LogP contribution in [0.4, 0.5) is 0 Å². The molecule has 0 radical (unpaired) electrons. The summed E-state index contributed by atoms with van der Waals surface area (Å²) in [7, 11) is 0. The van der Waals surface area contributed by atoms with Crippen LogP contribution >= 0.6 is 0 Å². The Hall–Kier alpha value is -0.610. The lowest BCUT2D eigenvalue weighted by atomic mass is 10.1. The fraction of sp³-hybridized carbons (Fsp3) is 0.857. The highest BCUT2D eigenvalue weighted by Gasteiger charge is 2.16. The van der Waals surface area contributed by atoms with Gasteiger partial charge in [0, 0.05) is 19.1 Å². The van der Waals surface area contributed by atoms with Crippen LogP contribution in [0.2, 0.25) is 0 Å². The number of primary amides is 1. The van der Waals surface area contributed by atoms with Gasteiger partial charge in [-0.25, -0.2) is 0 Å². The molecule has 1 rings (SSSR count). The average molecular weight is 157 g/mol. The van der Waals surface area contributed by atoms with Crippen molar-refractivity contribution in [2.45, 2.75) is 18.9 Å². The highest BCUT2D eigenvalue weighted by molar-refractivity contribution is 5.75. The van der Waals surface area contributed by atoms with Crippen molar-refractivity contribution in [3.8, 4) is 0 Å². The number of nitrogens with two attached hydrogens (primary N) is 2. The average Bonchev–Trinajstić information content (AvgIpc) is 1.93. The number of likely N-dealkylation sites (tertiary alicyclic amines) is 1. The number of hydrogen-bond donors (Lipinski definition) is 2. The molecular weight excluding hydrogens is 142 g/mol. The van der Waals surface area contributed by atoms with Gasteiger partial charge in [-0.05, 0) is 12.8 Å². The summed E-state index contributed by atoms with van der Waals surface area (Å²) in [6.07, 6.45) is 1.96. The van der Waals surface area contributed by atoms with Crippen LogP contribution in [0.15, 0.2) is 0 Å². The fourth-order valence-corrected chi connectivity index (χ4v) is 1.33. The monoisotopic (exact) mass is 157 g/mol. The van der Waals surface area contributed by atoms with Crippen molar-refractivity contribution in [1.82, 2.24) is 4.90 Å². The van der Waals surface area contributed by atoms with Gasteiger partial charge in [0.15, 0.2) is 0 Å². The van der Waals surface area contributed by atoms with Crippen molar-refractivity contribution >= 4 is 5.91 Å². The second kappa shape index (κ2) is 3.69. The predicted molar refractivity (Wildman–Crippen MR) is 42.8 cm³/mol. The van der Waals surface area contributed by atoms with Crippen LogP contribution in [0.1, 0.15) is 12.8 Å². The Kier molecular flexibility index (Phi) is 2.84. The van der Waals surface area contributed by atoms with Crippen LogP contribution in [0.25, 0.3) is 0 Å². The standard InChI is InChI=1S/C7H15N3O/c8-6-1-3-10(4-2-6)5-7(9)11/h6H,1-5,8H2,(H2,9,11). The van der Waals surface area contributed by atoms with E-state index < -0.39 is 0 Å². The molecule has 11 heavy (non-hydrogen) atoms. The molecule has 0 spiro atoms. The van der Waals surface area contributed by atoms with Crippen LogP contribution in [0.3, 0.4) is 0 Å². The second-order valence-electron chi connectivity index (χ2n) is 3.08. The lowest BCUT2D eigenvalue weighted by Gasteiger charge is -2.28. The lowest BCUT2D eigenvalue weighted by Crippen LogP contribution is -2.43. The number of carbonyl (C=O) groups is 1. The maximum absolute atomic E-state index is 10.5. The van der Waals surface area contributed by atoms with E-state index in [4.69, 9.17) is 11.5 Å². The predicted octanol–water partition coefficient (Wildman–Crippen LogP) is -1.11. The Bertz CT molecular complexity index is 141. The summed E-state index contributed by atoms with van der Waals surface area (Å²) >= 11 is 0. The number of rotatable bonds is 2. The van der Waals surface area contributed by atoms with Crippen molar-refractivity contribution in [2.24, 2.45) is 11.5 Å². The molecule has 4 nitrogen and oxygen atoms in total. The molecule has 1 aliphatic heterocycles. The first-order chi connectivity index (χ1) is 5.18. The van der Waals surface area contributed by atoms with E-state index >= 15 is 0 Å². The van der Waals surface area contributed by atoms with E-state index in [0.29, 0.717) is 12.6 Å². The van der Waals surface area contributed by atoms with Crippen molar-refractivity contribution in [2.75, 3.05) is 19.6 Å². The molecule has 1 saturated heterocycles. The topological polar surface area (TPSA) is 72.4 Å². The summed E-state index contributed by atoms with van der Waals surface area (Å²) in [5.74, 6) is -0.250. The molecule has 0 aromatic carbocycles. The molecular formula is C7H15N3O. The summed E-state index contributed by atoms with van der Waals surface area (Å²) in [6.45, 7) is 2.20. The minimum atomic E-state index is -0.250. The molecule has 0 atom stereocenters. The van der Waals surface area contributed by atoms with Crippen LogP contribution in [-0.4, -0.2) is 36.5 Å². The molecule has 4 N–H and O–H groups in total. The zero-order valence-electron chi connectivity index (χ0n) is 6.62. The van der Waals surface area contributed by atoms with Gasteiger partial charge in [-0.1, -0.05) is 0 Å². The van der Waals surface area contributed by atoms with E-state index in [1.54, 1.807) is 0 Å². The highest BCUT2D eigenvalue weighted by atomic mass is 16.1. The minimum absolute atomic E-state index is 0.250. The molecule has 0 aliphatic carbocycles. The van der Waals surface area contributed by atoms with Gasteiger partial charge in [-0.3, -0.25) is 9.69 Å². The zero-order valence-corrected chi connectivity index (χ0v) is 6.62. The molecule has 4 heteroatoms. The van der Waals surface area contributed by atoms with E-state index in [-0.39, 0.29) is 5.91 Å². The van der Waals surface area contributed by atoms with Crippen molar-refractivity contribution < 1.29 is 4.79 Å². The smallest absolute Gasteiger partial charge is 0.231 e. The summed E-state index contributed by atoms with van der Waals surface area (Å²) in [4.78, 5) is 12.5. The van der Waals surface area contributed by atoms with Gasteiger partial charge < -0.3 is 11.5 Å². The van der Waals surface area contributed by atoms with Gasteiger partial charge in [0.1, 0.15) is 0 Å². The Morgan fingerprint density at radius 1 is 1.45 bits per heavy atom. The van der Waals surface area contributed by atoms with Crippen LogP contribution in [-0.2, 0) is 4.79 Å². The summed E-state index contributed by atoms with van der Waals surface area (Å²) in [5, 5.41) is 0. The zero-order chi connectivity index (χ0) is 8.27. The van der Waals surface area contributed by atoms with Crippen LogP contribution in [0, 0.1) is 0 Å². The van der Waals surface area contributed by atoms with Gasteiger partial charge >= 0.3 is 0 Å². The third kappa shape index (κ3) is 2.86. The third-order valence-electron chi connectivity index (χ3n) is 2.01. The minimum Gasteiger partial charge on any atom is -0.369 e. The molecule has 1 aliphatic rings. The largest absolute Gasteiger partial charge is 0.369 e. The summed E-state index contributed by atoms with van der Waals surface area (Å²) in [6, 6.07) is 0.319. The van der Waals surface area contributed by atoms with Gasteiger partial charge in [0.25, 0.3) is 0 Å². The van der Waals surface area contributed by atoms with Crippen LogP contribution < -0.4 is 11.5 Å². The van der Waals surface area contributed by atoms with Crippen LogP contribution in [0.5, 0.6) is 0 Å². The van der Waals surface area contributed by atoms with Gasteiger partial charge in [-0.2, -0.15) is 0 Å². The first-order valence-electron chi connectivity index (χ1n) is 3.94. The van der Waals surface area contributed by atoms with Crippen molar-refractivity contribution in [1.29, 1.82) is 0 Å². The fourth-order valence-electron chi connectivity index (χ4n) is 1.33. The first kappa shape index (κ1) is 8.49.